The smallest absolute Gasteiger partial charge is 0.338 e. The van der Waals surface area contributed by atoms with Crippen molar-refractivity contribution < 1.29 is 23.9 Å². The number of imide groups is 1. The van der Waals surface area contributed by atoms with Gasteiger partial charge in [0.05, 0.1) is 16.7 Å². The second kappa shape index (κ2) is 7.40. The maximum Gasteiger partial charge on any atom is 0.338 e. The van der Waals surface area contributed by atoms with Crippen LogP contribution in [0.25, 0.3) is 0 Å². The van der Waals surface area contributed by atoms with Crippen molar-refractivity contribution in [3.63, 3.8) is 0 Å². The van der Waals surface area contributed by atoms with E-state index in [-0.39, 0.29) is 29.4 Å². The second-order valence-electron chi connectivity index (χ2n) is 7.95. The van der Waals surface area contributed by atoms with Crippen LogP contribution in [0.3, 0.4) is 0 Å². The minimum absolute atomic E-state index is 0.150. The van der Waals surface area contributed by atoms with E-state index in [9.17, 15) is 19.2 Å². The molecule has 0 bridgehead atoms. The molecule has 0 saturated heterocycles. The maximum atomic E-state index is 12.5. The minimum Gasteiger partial charge on any atom is -0.454 e. The van der Waals surface area contributed by atoms with Gasteiger partial charge in [-0.1, -0.05) is 34.6 Å². The van der Waals surface area contributed by atoms with Gasteiger partial charge in [-0.25, -0.2) is 4.79 Å². The molecule has 0 aromatic heterocycles. The SMILES string of the molecule is CC(C)CCN1C(=O)c2ccc(C(=O)OCC(=O)C(C)(C)C)cc2C1=O. The van der Waals surface area contributed by atoms with Gasteiger partial charge in [-0.05, 0) is 30.5 Å². The predicted molar refractivity (Wildman–Crippen MR) is 96.0 cm³/mol. The first kappa shape index (κ1) is 19.8. The summed E-state index contributed by atoms with van der Waals surface area (Å²) in [6.07, 6.45) is 0.718. The summed E-state index contributed by atoms with van der Waals surface area (Å²) in [6.45, 7) is 9.30. The summed E-state index contributed by atoms with van der Waals surface area (Å²) in [4.78, 5) is 50.1. The summed E-state index contributed by atoms with van der Waals surface area (Å²) in [5, 5.41) is 0. The van der Waals surface area contributed by atoms with Crippen LogP contribution in [-0.2, 0) is 9.53 Å². The van der Waals surface area contributed by atoms with Gasteiger partial charge in [0.1, 0.15) is 0 Å². The first-order valence-electron chi connectivity index (χ1n) is 8.73. The number of amides is 2. The lowest BCUT2D eigenvalue weighted by Gasteiger charge is -2.16. The summed E-state index contributed by atoms with van der Waals surface area (Å²) in [5.74, 6) is -1.26. The number of nitrogens with zero attached hydrogens (tertiary/aromatic N) is 1. The van der Waals surface area contributed by atoms with E-state index in [1.165, 1.54) is 23.1 Å². The maximum absolute atomic E-state index is 12.5. The molecule has 1 heterocycles. The number of fused-ring (bicyclic) bond motifs is 1. The molecule has 140 valence electrons. The van der Waals surface area contributed by atoms with Gasteiger partial charge in [-0.3, -0.25) is 19.3 Å². The van der Waals surface area contributed by atoms with Crippen molar-refractivity contribution in [2.24, 2.45) is 11.3 Å². The largest absolute Gasteiger partial charge is 0.454 e. The molecule has 1 aliphatic rings. The van der Waals surface area contributed by atoms with E-state index in [0.29, 0.717) is 18.0 Å². The number of hydrogen-bond acceptors (Lipinski definition) is 5. The third-order valence-corrected chi connectivity index (χ3v) is 4.31. The van der Waals surface area contributed by atoms with Crippen LogP contribution in [0.1, 0.15) is 72.1 Å². The zero-order valence-electron chi connectivity index (χ0n) is 15.9. The molecule has 0 spiro atoms. The number of esters is 1. The quantitative estimate of drug-likeness (QED) is 0.576. The Labute approximate surface area is 153 Å². The van der Waals surface area contributed by atoms with Crippen LogP contribution in [0, 0.1) is 11.3 Å². The number of benzene rings is 1. The Bertz CT molecular complexity index is 758. The number of rotatable bonds is 6. The Morgan fingerprint density at radius 1 is 1.08 bits per heavy atom. The third kappa shape index (κ3) is 4.18. The molecular formula is C20H25NO5. The zero-order chi connectivity index (χ0) is 19.6. The average molecular weight is 359 g/mol. The molecule has 2 amide bonds. The minimum atomic E-state index is -0.689. The number of ketones is 1. The van der Waals surface area contributed by atoms with E-state index in [1.54, 1.807) is 20.8 Å². The molecule has 0 fully saturated rings. The molecule has 0 unspecified atom stereocenters. The van der Waals surface area contributed by atoms with Crippen LogP contribution in [0.15, 0.2) is 18.2 Å². The van der Waals surface area contributed by atoms with Crippen LogP contribution in [0.2, 0.25) is 0 Å². The van der Waals surface area contributed by atoms with Gasteiger partial charge in [0, 0.05) is 12.0 Å². The van der Waals surface area contributed by atoms with Crippen LogP contribution >= 0.6 is 0 Å². The van der Waals surface area contributed by atoms with E-state index < -0.39 is 17.3 Å². The lowest BCUT2D eigenvalue weighted by molar-refractivity contribution is -0.129. The van der Waals surface area contributed by atoms with Crippen LogP contribution < -0.4 is 0 Å². The fraction of sp³-hybridized carbons (Fsp3) is 0.500. The van der Waals surface area contributed by atoms with Crippen molar-refractivity contribution in [3.05, 3.63) is 34.9 Å². The molecule has 6 heteroatoms. The summed E-state index contributed by atoms with van der Waals surface area (Å²) in [5.41, 5.74) is 0.0473. The van der Waals surface area contributed by atoms with Gasteiger partial charge in [0.2, 0.25) is 0 Å². The van der Waals surface area contributed by atoms with E-state index >= 15 is 0 Å². The van der Waals surface area contributed by atoms with Gasteiger partial charge in [-0.2, -0.15) is 0 Å². The van der Waals surface area contributed by atoms with Crippen LogP contribution in [0.5, 0.6) is 0 Å². The Kier molecular flexibility index (Phi) is 5.64. The normalized spacial score (nSPS) is 14.0. The van der Waals surface area contributed by atoms with Crippen molar-refractivity contribution in [2.75, 3.05) is 13.2 Å². The topological polar surface area (TPSA) is 80.8 Å². The molecule has 0 saturated carbocycles. The molecule has 1 aliphatic heterocycles. The third-order valence-electron chi connectivity index (χ3n) is 4.31. The highest BCUT2D eigenvalue weighted by Gasteiger charge is 2.36. The zero-order valence-corrected chi connectivity index (χ0v) is 15.9. The Balaban J connectivity index is 2.13. The number of hydrogen-bond donors (Lipinski definition) is 0. The van der Waals surface area contributed by atoms with Crippen molar-refractivity contribution in [2.45, 2.75) is 41.0 Å². The average Bonchev–Trinajstić information content (AvgIpc) is 2.80. The van der Waals surface area contributed by atoms with Gasteiger partial charge < -0.3 is 4.74 Å². The summed E-state index contributed by atoms with van der Waals surface area (Å²) >= 11 is 0. The highest BCUT2D eigenvalue weighted by Crippen LogP contribution is 2.25. The summed E-state index contributed by atoms with van der Waals surface area (Å²) in [7, 11) is 0. The molecule has 0 aliphatic carbocycles. The molecule has 1 aromatic rings. The molecule has 0 atom stereocenters. The first-order valence-corrected chi connectivity index (χ1v) is 8.73. The monoisotopic (exact) mass is 359 g/mol. The standard InChI is InChI=1S/C20H25NO5/c1-12(2)8-9-21-17(23)14-7-6-13(10-15(14)18(21)24)19(25)26-11-16(22)20(3,4)5/h6-7,10,12H,8-9,11H2,1-5H3. The first-order chi connectivity index (χ1) is 12.0. The number of carbonyl (C=O) groups excluding carboxylic acids is 4. The van der Waals surface area contributed by atoms with E-state index in [0.717, 1.165) is 6.42 Å². The van der Waals surface area contributed by atoms with Crippen molar-refractivity contribution in [1.29, 1.82) is 0 Å². The highest BCUT2D eigenvalue weighted by molar-refractivity contribution is 6.22. The molecule has 1 aromatic carbocycles. The van der Waals surface area contributed by atoms with E-state index in [2.05, 4.69) is 0 Å². The van der Waals surface area contributed by atoms with Gasteiger partial charge in [0.15, 0.2) is 12.4 Å². The Morgan fingerprint density at radius 3 is 2.27 bits per heavy atom. The lowest BCUT2D eigenvalue weighted by atomic mass is 9.91. The van der Waals surface area contributed by atoms with Crippen molar-refractivity contribution in [1.82, 2.24) is 4.90 Å². The van der Waals surface area contributed by atoms with E-state index in [4.69, 9.17) is 4.74 Å². The number of ether oxygens (including phenoxy) is 1. The highest BCUT2D eigenvalue weighted by atomic mass is 16.5. The van der Waals surface area contributed by atoms with Crippen LogP contribution in [0.4, 0.5) is 0 Å². The molecule has 6 nitrogen and oxygen atoms in total. The summed E-state index contributed by atoms with van der Waals surface area (Å²) < 4.78 is 5.05. The number of carbonyl (C=O) groups is 4. The summed E-state index contributed by atoms with van der Waals surface area (Å²) in [6, 6.07) is 4.28. The molecule has 2 rings (SSSR count). The van der Waals surface area contributed by atoms with Gasteiger partial charge in [0.25, 0.3) is 11.8 Å². The molecule has 0 radical (unpaired) electrons. The van der Waals surface area contributed by atoms with E-state index in [1.807, 2.05) is 13.8 Å². The Hall–Kier alpha value is -2.50. The number of Topliss-reactive ketones (excluding diaryl/α,β-unsaturated/α-hetero) is 1. The Morgan fingerprint density at radius 2 is 1.69 bits per heavy atom. The van der Waals surface area contributed by atoms with Crippen molar-refractivity contribution in [3.8, 4) is 0 Å². The second-order valence-corrected chi connectivity index (χ2v) is 7.95. The van der Waals surface area contributed by atoms with Crippen LogP contribution in [-0.4, -0.2) is 41.6 Å². The van der Waals surface area contributed by atoms with Gasteiger partial charge >= 0.3 is 5.97 Å². The lowest BCUT2D eigenvalue weighted by Crippen LogP contribution is -2.31. The van der Waals surface area contributed by atoms with Crippen molar-refractivity contribution >= 4 is 23.6 Å². The fourth-order valence-electron chi connectivity index (χ4n) is 2.44. The molecule has 0 N–H and O–H groups in total. The van der Waals surface area contributed by atoms with Gasteiger partial charge in [-0.15, -0.1) is 0 Å². The predicted octanol–water partition coefficient (Wildman–Crippen LogP) is 3.10. The molecular weight excluding hydrogens is 334 g/mol. The fourth-order valence-corrected chi connectivity index (χ4v) is 2.44. The molecule has 26 heavy (non-hydrogen) atoms.